The van der Waals surface area contributed by atoms with Crippen LogP contribution in [0.4, 0.5) is 17.6 Å². The third kappa shape index (κ3) is 3.82. The molecule has 1 aromatic carbocycles. The number of fused-ring (bicyclic) bond motifs is 1. The van der Waals surface area contributed by atoms with Crippen LogP contribution in [0.25, 0.3) is 11.0 Å². The molecule has 0 amide bonds. The zero-order chi connectivity index (χ0) is 19.8. The second-order valence-electron chi connectivity index (χ2n) is 5.44. The molecular formula is C17H11ClF4N2O3. The molecule has 0 atom stereocenters. The van der Waals surface area contributed by atoms with Gasteiger partial charge in [-0.15, -0.1) is 0 Å². The number of benzene rings is 1. The molecule has 142 valence electrons. The lowest BCUT2D eigenvalue weighted by Crippen LogP contribution is -2.19. The van der Waals surface area contributed by atoms with Crippen molar-refractivity contribution in [3.8, 4) is 11.5 Å². The van der Waals surface area contributed by atoms with Gasteiger partial charge in [0.2, 0.25) is 0 Å². The summed E-state index contributed by atoms with van der Waals surface area (Å²) in [6.07, 6.45) is -1.88. The molecule has 0 saturated heterocycles. The van der Waals surface area contributed by atoms with Crippen molar-refractivity contribution in [1.82, 2.24) is 9.97 Å². The SMILES string of the molecule is COc1cnc2[nH]cc(C(=O)c3c(F)ccc(OCC(F)(F)F)c3Cl)c2c1. The number of alkyl halides is 3. The minimum absolute atomic E-state index is 0.0326. The van der Waals surface area contributed by atoms with E-state index in [0.29, 0.717) is 16.8 Å². The van der Waals surface area contributed by atoms with Gasteiger partial charge in [0, 0.05) is 17.1 Å². The molecule has 0 aliphatic rings. The van der Waals surface area contributed by atoms with Crippen molar-refractivity contribution in [3.63, 3.8) is 0 Å². The van der Waals surface area contributed by atoms with Gasteiger partial charge >= 0.3 is 6.18 Å². The summed E-state index contributed by atoms with van der Waals surface area (Å²) in [6.45, 7) is -1.62. The van der Waals surface area contributed by atoms with Crippen molar-refractivity contribution in [1.29, 1.82) is 0 Å². The number of nitrogens with zero attached hydrogens (tertiary/aromatic N) is 1. The zero-order valence-electron chi connectivity index (χ0n) is 13.7. The number of aromatic amines is 1. The molecule has 27 heavy (non-hydrogen) atoms. The van der Waals surface area contributed by atoms with Crippen LogP contribution in [0.3, 0.4) is 0 Å². The number of carbonyl (C=O) groups excluding carboxylic acids is 1. The van der Waals surface area contributed by atoms with Crippen LogP contribution in [0.1, 0.15) is 15.9 Å². The maximum Gasteiger partial charge on any atom is 0.422 e. The molecule has 3 aromatic rings. The van der Waals surface area contributed by atoms with E-state index in [1.165, 1.54) is 25.6 Å². The predicted molar refractivity (Wildman–Crippen MR) is 89.0 cm³/mol. The largest absolute Gasteiger partial charge is 0.495 e. The molecule has 0 spiro atoms. The number of hydrogen-bond donors (Lipinski definition) is 1. The number of H-pyrrole nitrogens is 1. The topological polar surface area (TPSA) is 64.2 Å². The van der Waals surface area contributed by atoms with E-state index in [1.54, 1.807) is 0 Å². The number of hydrogen-bond acceptors (Lipinski definition) is 4. The number of carbonyl (C=O) groups is 1. The van der Waals surface area contributed by atoms with Crippen molar-refractivity contribution >= 4 is 28.4 Å². The van der Waals surface area contributed by atoms with Gasteiger partial charge in [-0.3, -0.25) is 4.79 Å². The van der Waals surface area contributed by atoms with Crippen LogP contribution in [0.5, 0.6) is 11.5 Å². The number of nitrogens with one attached hydrogen (secondary N) is 1. The van der Waals surface area contributed by atoms with E-state index in [2.05, 4.69) is 14.7 Å². The summed E-state index contributed by atoms with van der Waals surface area (Å²) >= 11 is 5.96. The lowest BCUT2D eigenvalue weighted by molar-refractivity contribution is -0.153. The van der Waals surface area contributed by atoms with Crippen molar-refractivity contribution in [2.24, 2.45) is 0 Å². The van der Waals surface area contributed by atoms with Crippen LogP contribution in [0.15, 0.2) is 30.6 Å². The highest BCUT2D eigenvalue weighted by Gasteiger charge is 2.30. The first-order valence-electron chi connectivity index (χ1n) is 7.44. The fourth-order valence-electron chi connectivity index (χ4n) is 2.43. The van der Waals surface area contributed by atoms with Crippen molar-refractivity contribution in [2.75, 3.05) is 13.7 Å². The molecule has 0 unspecified atom stereocenters. The lowest BCUT2D eigenvalue weighted by atomic mass is 10.0. The van der Waals surface area contributed by atoms with E-state index in [0.717, 1.165) is 12.1 Å². The summed E-state index contributed by atoms with van der Waals surface area (Å²) in [5, 5.41) is -0.203. The minimum Gasteiger partial charge on any atom is -0.495 e. The average Bonchev–Trinajstić information content (AvgIpc) is 3.03. The quantitative estimate of drug-likeness (QED) is 0.503. The third-order valence-electron chi connectivity index (χ3n) is 3.66. The van der Waals surface area contributed by atoms with Gasteiger partial charge in [-0.2, -0.15) is 13.2 Å². The zero-order valence-corrected chi connectivity index (χ0v) is 14.4. The van der Waals surface area contributed by atoms with E-state index in [1.807, 2.05) is 0 Å². The number of pyridine rings is 1. The van der Waals surface area contributed by atoms with E-state index in [-0.39, 0.29) is 5.56 Å². The highest BCUT2D eigenvalue weighted by molar-refractivity contribution is 6.37. The Balaban J connectivity index is 2.04. The molecule has 0 fully saturated rings. The number of aromatic nitrogens is 2. The molecule has 0 aliphatic heterocycles. The molecule has 0 saturated carbocycles. The molecule has 2 aromatic heterocycles. The Morgan fingerprint density at radius 2 is 2.07 bits per heavy atom. The second kappa shape index (κ2) is 7.07. The van der Waals surface area contributed by atoms with Crippen LogP contribution >= 0.6 is 11.6 Å². The van der Waals surface area contributed by atoms with Gasteiger partial charge < -0.3 is 14.5 Å². The Labute approximate surface area is 154 Å². The van der Waals surface area contributed by atoms with Crippen molar-refractivity contribution in [3.05, 3.63) is 52.6 Å². The molecule has 3 rings (SSSR count). The Morgan fingerprint density at radius 1 is 1.33 bits per heavy atom. The lowest BCUT2D eigenvalue weighted by Gasteiger charge is -2.13. The van der Waals surface area contributed by atoms with E-state index in [4.69, 9.17) is 16.3 Å². The van der Waals surface area contributed by atoms with Crippen LogP contribution in [0.2, 0.25) is 5.02 Å². The molecule has 5 nitrogen and oxygen atoms in total. The number of rotatable bonds is 5. The van der Waals surface area contributed by atoms with Crippen molar-refractivity contribution < 1.29 is 31.8 Å². The number of methoxy groups -OCH3 is 1. The summed E-state index contributed by atoms with van der Waals surface area (Å²) in [5.74, 6) is -1.91. The number of ketones is 1. The fourth-order valence-corrected chi connectivity index (χ4v) is 2.72. The maximum atomic E-state index is 14.3. The first kappa shape index (κ1) is 19.0. The van der Waals surface area contributed by atoms with Gasteiger partial charge in [-0.25, -0.2) is 9.37 Å². The molecule has 0 bridgehead atoms. The maximum absolute atomic E-state index is 14.3. The summed E-state index contributed by atoms with van der Waals surface area (Å²) in [6, 6.07) is 3.26. The van der Waals surface area contributed by atoms with Gasteiger partial charge in [0.05, 0.1) is 23.9 Å². The van der Waals surface area contributed by atoms with Gasteiger partial charge in [-0.1, -0.05) is 11.6 Å². The Bertz CT molecular complexity index is 1020. The normalized spacial score (nSPS) is 11.6. The Kier molecular flexibility index (Phi) is 4.97. The summed E-state index contributed by atoms with van der Waals surface area (Å²) < 4.78 is 60.9. The predicted octanol–water partition coefficient (Wildman–Crippen LogP) is 4.54. The highest BCUT2D eigenvalue weighted by atomic mass is 35.5. The molecule has 0 aliphatic carbocycles. The van der Waals surface area contributed by atoms with Crippen LogP contribution in [-0.2, 0) is 0 Å². The minimum atomic E-state index is -4.61. The standard InChI is InChI=1S/C17H11ClF4N2O3/c1-26-8-4-9-10(6-24-16(9)23-5-8)15(25)13-11(19)2-3-12(14(13)18)27-7-17(20,21)22/h2-6H,7H2,1H3,(H,23,24). The average molecular weight is 403 g/mol. The molecule has 2 heterocycles. The molecule has 0 radical (unpaired) electrons. The van der Waals surface area contributed by atoms with Gasteiger partial charge in [0.15, 0.2) is 12.4 Å². The summed E-state index contributed by atoms with van der Waals surface area (Å²) in [5.41, 5.74) is -0.217. The third-order valence-corrected chi connectivity index (χ3v) is 4.04. The van der Waals surface area contributed by atoms with Crippen LogP contribution < -0.4 is 9.47 Å². The van der Waals surface area contributed by atoms with Crippen molar-refractivity contribution in [2.45, 2.75) is 6.18 Å². The first-order chi connectivity index (χ1) is 12.7. The van der Waals surface area contributed by atoms with E-state index >= 15 is 0 Å². The van der Waals surface area contributed by atoms with E-state index in [9.17, 15) is 22.4 Å². The van der Waals surface area contributed by atoms with Gasteiger partial charge in [0.25, 0.3) is 0 Å². The summed E-state index contributed by atoms with van der Waals surface area (Å²) in [4.78, 5) is 19.6. The Hall–Kier alpha value is -2.81. The Morgan fingerprint density at radius 3 is 2.74 bits per heavy atom. The molecule has 10 heteroatoms. The van der Waals surface area contributed by atoms with Gasteiger partial charge in [-0.05, 0) is 18.2 Å². The fraction of sp³-hybridized carbons (Fsp3) is 0.176. The number of halogens is 5. The van der Waals surface area contributed by atoms with Gasteiger partial charge in [0.1, 0.15) is 23.0 Å². The van der Waals surface area contributed by atoms with Crippen LogP contribution in [0, 0.1) is 5.82 Å². The van der Waals surface area contributed by atoms with Crippen LogP contribution in [-0.4, -0.2) is 35.6 Å². The number of ether oxygens (including phenoxy) is 2. The van der Waals surface area contributed by atoms with E-state index < -0.39 is 40.7 Å². The molecular weight excluding hydrogens is 392 g/mol. The first-order valence-corrected chi connectivity index (χ1v) is 7.82. The summed E-state index contributed by atoms with van der Waals surface area (Å²) in [7, 11) is 1.41. The smallest absolute Gasteiger partial charge is 0.422 e. The molecule has 1 N–H and O–H groups in total. The monoisotopic (exact) mass is 402 g/mol. The second-order valence-corrected chi connectivity index (χ2v) is 5.82. The highest BCUT2D eigenvalue weighted by Crippen LogP contribution is 2.34.